The number of nitro benzene ring substituents is 4. The van der Waals surface area contributed by atoms with Gasteiger partial charge < -0.3 is 96.5 Å². The lowest BCUT2D eigenvalue weighted by Crippen LogP contribution is -2.32. The highest BCUT2D eigenvalue weighted by Gasteiger charge is 2.36. The van der Waals surface area contributed by atoms with Gasteiger partial charge in [-0.1, -0.05) is 19.3 Å². The van der Waals surface area contributed by atoms with Crippen LogP contribution in [0.4, 0.5) is 22.7 Å². The van der Waals surface area contributed by atoms with Crippen molar-refractivity contribution in [1.82, 2.24) is 16.0 Å². The van der Waals surface area contributed by atoms with Gasteiger partial charge in [0.05, 0.1) is 158 Å². The number of ketones is 1. The van der Waals surface area contributed by atoms with Crippen molar-refractivity contribution in [2.45, 2.75) is 163 Å². The van der Waals surface area contributed by atoms with Crippen LogP contribution in [0.1, 0.15) is 160 Å². The summed E-state index contributed by atoms with van der Waals surface area (Å²) in [6, 6.07) is 11.3. The molecule has 0 aliphatic carbocycles. The van der Waals surface area contributed by atoms with Gasteiger partial charge in [-0.25, -0.2) is 0 Å². The number of methoxy groups -OCH3 is 10. The number of amides is 2. The lowest BCUT2D eigenvalue weighted by Gasteiger charge is -2.28. The van der Waals surface area contributed by atoms with Crippen molar-refractivity contribution >= 4 is 76.2 Å². The van der Waals surface area contributed by atoms with Crippen LogP contribution in [0.5, 0.6) is 46.0 Å². The summed E-state index contributed by atoms with van der Waals surface area (Å²) >= 11 is 0. The third kappa shape index (κ3) is 43.8. The maximum atomic E-state index is 12.7. The zero-order valence-electron chi connectivity index (χ0n) is 74.9. The Morgan fingerprint density at radius 2 is 0.778 bits per heavy atom. The molecular formula is C85H123N7O34. The summed E-state index contributed by atoms with van der Waals surface area (Å²) < 4.78 is 87.6. The first-order valence-electron chi connectivity index (χ1n) is 40.4. The molecule has 0 aliphatic rings. The Balaban J connectivity index is 0.000000866. The Labute approximate surface area is 733 Å². The van der Waals surface area contributed by atoms with Crippen LogP contribution in [0.2, 0.25) is 0 Å². The summed E-state index contributed by atoms with van der Waals surface area (Å²) in [5.74, 6) is 4.60. The number of ether oxygens (including phenoxy) is 17. The van der Waals surface area contributed by atoms with Crippen molar-refractivity contribution in [3.8, 4) is 57.8 Å². The van der Waals surface area contributed by atoms with E-state index >= 15 is 0 Å². The van der Waals surface area contributed by atoms with Crippen LogP contribution in [0, 0.1) is 63.1 Å². The number of hydrogen-bond acceptors (Lipinski definition) is 35. The number of aryl methyl sites for hydroxylation is 3. The molecular weight excluding hydrogens is 1660 g/mol. The molecule has 4 aromatic carbocycles. The van der Waals surface area contributed by atoms with Crippen LogP contribution < -0.4 is 53.8 Å². The molecule has 0 aliphatic heterocycles. The first-order chi connectivity index (χ1) is 60.1. The van der Waals surface area contributed by atoms with Gasteiger partial charge in [0.25, 0.3) is 22.7 Å². The number of hydrogen-bond donors (Lipinski definition) is 3. The number of nitro groups is 4. The Hall–Kier alpha value is -12.3. The number of carbonyl (C=O) groups excluding carboxylic acids is 9. The fourth-order valence-corrected chi connectivity index (χ4v) is 11.3. The Bertz CT molecular complexity index is 4200. The third-order valence-corrected chi connectivity index (χ3v) is 18.6. The molecule has 1 atom stereocenters. The van der Waals surface area contributed by atoms with Gasteiger partial charge in [-0.2, -0.15) is 0 Å². The molecule has 0 saturated heterocycles. The van der Waals surface area contributed by atoms with E-state index in [-0.39, 0.29) is 191 Å². The van der Waals surface area contributed by atoms with Crippen LogP contribution in [0.3, 0.4) is 0 Å². The molecule has 0 aromatic heterocycles. The molecule has 126 heavy (non-hydrogen) atoms. The van der Waals surface area contributed by atoms with E-state index in [4.69, 9.17) is 61.6 Å². The summed E-state index contributed by atoms with van der Waals surface area (Å²) in [5.41, 5.74) is -0.207. The largest absolute Gasteiger partial charge is 0.493 e. The van der Waals surface area contributed by atoms with E-state index in [2.05, 4.69) is 46.7 Å². The van der Waals surface area contributed by atoms with Crippen molar-refractivity contribution < 1.29 is 143 Å². The molecule has 0 radical (unpaired) electrons. The number of nitrogens with zero attached hydrogens (tertiary/aromatic N) is 4. The molecule has 702 valence electrons. The number of rotatable bonds is 59. The average molecular weight is 1790 g/mol. The summed E-state index contributed by atoms with van der Waals surface area (Å²) in [5, 5.41) is 53.7. The van der Waals surface area contributed by atoms with Gasteiger partial charge in [0, 0.05) is 95.1 Å². The second kappa shape index (κ2) is 63.6. The predicted octanol–water partition coefficient (Wildman–Crippen LogP) is 10.5. The van der Waals surface area contributed by atoms with Crippen molar-refractivity contribution in [1.29, 1.82) is 0 Å². The van der Waals surface area contributed by atoms with Gasteiger partial charge in [0.15, 0.2) is 46.0 Å². The van der Waals surface area contributed by atoms with Gasteiger partial charge >= 0.3 is 35.8 Å². The lowest BCUT2D eigenvalue weighted by molar-refractivity contribution is -0.385. The molecule has 4 rings (SSSR count). The van der Waals surface area contributed by atoms with Crippen molar-refractivity contribution in [3.63, 3.8) is 0 Å². The van der Waals surface area contributed by atoms with E-state index in [0.717, 1.165) is 0 Å². The molecule has 0 spiro atoms. The molecule has 41 heteroatoms. The normalized spacial score (nSPS) is 11.0. The van der Waals surface area contributed by atoms with E-state index in [1.165, 1.54) is 100 Å². The summed E-state index contributed by atoms with van der Waals surface area (Å²) in [4.78, 5) is 148. The fourth-order valence-electron chi connectivity index (χ4n) is 11.3. The molecule has 0 heterocycles. The van der Waals surface area contributed by atoms with Gasteiger partial charge in [-0.15, -0.1) is 0 Å². The van der Waals surface area contributed by atoms with Crippen LogP contribution >= 0.6 is 0 Å². The van der Waals surface area contributed by atoms with E-state index in [1.807, 2.05) is 13.8 Å². The smallest absolute Gasteiger partial charge is 0.319 e. The highest BCUT2D eigenvalue weighted by Crippen LogP contribution is 2.40. The first-order valence-corrected chi connectivity index (χ1v) is 40.4. The van der Waals surface area contributed by atoms with Gasteiger partial charge in [0.1, 0.15) is 26.4 Å². The number of Topliss-reactive ketones (excluding diaryl/α,β-unsaturated/α-hetero) is 1. The molecule has 4 aromatic rings. The Kier molecular flexibility index (Phi) is 56.4. The maximum absolute atomic E-state index is 12.7. The molecule has 3 N–H and O–H groups in total. The minimum atomic E-state index is -0.746. The van der Waals surface area contributed by atoms with Crippen LogP contribution in [0.25, 0.3) is 0 Å². The SMILES string of the molecule is CC#CC(=O)CCCNC(=O)CCCOc1cc([N+](=O)[O-])c(CCCC(=O)OC)cc1OC.CCC(C)(CCCC(C)(C)C(=O)OCCOCCOc1cc([N+](=O)[O-])c(CNCC(=O)OC)cc1OC)C(=O)OCCOC.CNC(=O)CCCOc1cc([N+](=O)[O-])c(CCCC(=O)OC)cc1OC.COCCOc1cc([N+](=O)[O-])c(CCCC(=O)OC)cc1OC. The summed E-state index contributed by atoms with van der Waals surface area (Å²) in [6.07, 6.45) is 7.34. The molecule has 0 fully saturated rings. The van der Waals surface area contributed by atoms with Gasteiger partial charge in [-0.3, -0.25) is 83.6 Å². The number of nitrogens with one attached hydrogen (secondary N) is 3. The van der Waals surface area contributed by atoms with Crippen molar-refractivity contribution in [3.05, 3.63) is 111 Å². The molecule has 2 amide bonds. The Morgan fingerprint density at radius 1 is 0.405 bits per heavy atom. The standard InChI is InChI=1S/C30H48N2O12.C23H30N2O8.C17H24N2O7.C15H21NO7/c1-8-30(4,28(35)44-15-12-38-5)11-9-10-29(2,3)27(34)43-17-14-41-13-16-42-25-19-23(32(36)37)22(18-24(25)39-6)20-31-21-26(33)40-7;1-4-8-18(26)10-6-13-24-22(27)11-7-14-33-21-16-19(25(29)30)17(15-20(21)31-2)9-5-12-23(28)32-3;1-18-16(20)7-5-9-26-15-11-13(19(22)23)12(10-14(15)24-2)6-4-8-17(21)25-3;1-20-7-8-23-14-10-12(16(18)19)11(9-13(14)21-2)5-4-6-15(17)22-3/h18-19,31H,8-17,20-21H2,1-7H3;15-16H,5-7,9-14H2,1-3H3,(H,24,27);10-11H,4-9H2,1-3H3,(H,18,20);9-10H,4-8H2,1-3H3. The molecule has 1 unspecified atom stereocenters. The Morgan fingerprint density at radius 3 is 1.17 bits per heavy atom. The maximum Gasteiger partial charge on any atom is 0.319 e. The van der Waals surface area contributed by atoms with E-state index in [0.29, 0.717) is 156 Å². The number of carbonyl (C=O) groups is 9. The number of benzene rings is 4. The van der Waals surface area contributed by atoms with Gasteiger partial charge in [0.2, 0.25) is 17.6 Å². The number of esters is 6. The minimum absolute atomic E-state index is 0.0444. The van der Waals surface area contributed by atoms with Crippen molar-refractivity contribution in [2.75, 3.05) is 157 Å². The van der Waals surface area contributed by atoms with Crippen LogP contribution in [0.15, 0.2) is 48.5 Å². The second-order valence-electron chi connectivity index (χ2n) is 28.1. The molecule has 0 bridgehead atoms. The van der Waals surface area contributed by atoms with E-state index in [1.54, 1.807) is 47.1 Å². The average Bonchev–Trinajstić information content (AvgIpc) is 0.833. The molecule has 0 saturated carbocycles. The molecule has 41 nitrogen and oxygen atoms in total. The summed E-state index contributed by atoms with van der Waals surface area (Å²) in [6.45, 7) is 11.3. The quantitative estimate of drug-likeness (QED) is 0.00703. The second-order valence-corrected chi connectivity index (χ2v) is 28.1. The van der Waals surface area contributed by atoms with Crippen LogP contribution in [-0.2, 0) is 112 Å². The van der Waals surface area contributed by atoms with Crippen LogP contribution in [-0.4, -0.2) is 230 Å². The highest BCUT2D eigenvalue weighted by atomic mass is 16.6. The van der Waals surface area contributed by atoms with Gasteiger partial charge in [-0.05, 0) is 135 Å². The fraction of sp³-hybridized carbons (Fsp3) is 0.588. The highest BCUT2D eigenvalue weighted by molar-refractivity contribution is 5.95. The monoisotopic (exact) mass is 1790 g/mol. The predicted molar refractivity (Wildman–Crippen MR) is 455 cm³/mol. The topological polar surface area (TPSA) is 519 Å². The van der Waals surface area contributed by atoms with E-state index in [9.17, 15) is 83.6 Å². The third-order valence-electron chi connectivity index (χ3n) is 18.6. The summed E-state index contributed by atoms with van der Waals surface area (Å²) in [7, 11) is 15.5. The zero-order chi connectivity index (χ0) is 94.6. The first kappa shape index (κ1) is 112. The lowest BCUT2D eigenvalue weighted by atomic mass is 9.79. The van der Waals surface area contributed by atoms with Crippen molar-refractivity contribution in [2.24, 2.45) is 10.8 Å². The minimum Gasteiger partial charge on any atom is -0.493 e. The van der Waals surface area contributed by atoms with E-state index < -0.39 is 36.5 Å². The zero-order valence-corrected chi connectivity index (χ0v) is 74.9.